The highest BCUT2D eigenvalue weighted by Crippen LogP contribution is 2.35. The Bertz CT molecular complexity index is 689. The van der Waals surface area contributed by atoms with Crippen molar-refractivity contribution in [2.45, 2.75) is 31.3 Å². The highest BCUT2D eigenvalue weighted by Gasteiger charge is 2.43. The van der Waals surface area contributed by atoms with Gasteiger partial charge in [-0.05, 0) is 24.6 Å². The molecule has 0 spiro atoms. The molecule has 112 valence electrons. The fraction of sp³-hybridized carbons (Fsp3) is 0.429. The number of hydrogen-bond acceptors (Lipinski definition) is 6. The van der Waals surface area contributed by atoms with Gasteiger partial charge in [-0.3, -0.25) is 0 Å². The standard InChI is InChI=1S/C14H16N2O4S/c1-6-2-7-3-8(14(21)16-13(7)15-4-6)12-11(19)10(18)9(5-17)20-12/h2-4,9-12,17-19H,5H2,1H3,(H,15,16,21)/t9-,10?,11+,12+/m1/s1. The quantitative estimate of drug-likeness (QED) is 0.610. The molecule has 6 nitrogen and oxygen atoms in total. The molecule has 0 aromatic heterocycles. The van der Waals surface area contributed by atoms with E-state index in [2.05, 4.69) is 9.97 Å². The van der Waals surface area contributed by atoms with E-state index < -0.39 is 24.4 Å². The number of pyridine rings is 2. The molecule has 21 heavy (non-hydrogen) atoms. The van der Waals surface area contributed by atoms with Crippen molar-refractivity contribution in [2.24, 2.45) is 0 Å². The van der Waals surface area contributed by atoms with Crippen molar-refractivity contribution in [3.63, 3.8) is 0 Å². The van der Waals surface area contributed by atoms with Crippen molar-refractivity contribution in [3.05, 3.63) is 34.1 Å². The first kappa shape index (κ1) is 14.6. The molecule has 0 saturated carbocycles. The van der Waals surface area contributed by atoms with Crippen molar-refractivity contribution in [2.75, 3.05) is 6.61 Å². The van der Waals surface area contributed by atoms with Crippen LogP contribution in [0.15, 0.2) is 18.3 Å². The first-order valence-electron chi connectivity index (χ1n) is 6.63. The van der Waals surface area contributed by atoms with Crippen LogP contribution in [0.25, 0.3) is 11.4 Å². The Morgan fingerprint density at radius 2 is 2.10 bits per heavy atom. The average Bonchev–Trinajstić information content (AvgIpc) is 2.75. The summed E-state index contributed by atoms with van der Waals surface area (Å²) in [6.45, 7) is 1.58. The summed E-state index contributed by atoms with van der Waals surface area (Å²) in [7, 11) is 0. The molecule has 3 aliphatic heterocycles. The van der Waals surface area contributed by atoms with E-state index in [0.29, 0.717) is 16.0 Å². The minimum Gasteiger partial charge on any atom is -0.394 e. The van der Waals surface area contributed by atoms with E-state index in [1.807, 2.05) is 19.2 Å². The van der Waals surface area contributed by atoms with E-state index >= 15 is 0 Å². The van der Waals surface area contributed by atoms with Gasteiger partial charge in [-0.2, -0.15) is 0 Å². The molecule has 7 heteroatoms. The first-order chi connectivity index (χ1) is 10.0. The molecule has 3 heterocycles. The largest absolute Gasteiger partial charge is 0.394 e. The Morgan fingerprint density at radius 3 is 2.76 bits per heavy atom. The molecule has 0 aromatic carbocycles. The maximum atomic E-state index is 10.1. The van der Waals surface area contributed by atoms with Crippen LogP contribution in [-0.4, -0.2) is 50.2 Å². The normalized spacial score (nSPS) is 29.1. The van der Waals surface area contributed by atoms with Crippen LogP contribution >= 0.6 is 12.2 Å². The molecule has 1 fully saturated rings. The maximum absolute atomic E-state index is 10.1. The topological polar surface area (TPSA) is 98.6 Å². The molecule has 0 aliphatic carbocycles. The molecule has 1 saturated heterocycles. The molecule has 3 rings (SSSR count). The van der Waals surface area contributed by atoms with E-state index in [0.717, 1.165) is 11.1 Å². The van der Waals surface area contributed by atoms with Gasteiger partial charge in [0.15, 0.2) is 0 Å². The highest BCUT2D eigenvalue weighted by atomic mass is 32.1. The number of aryl methyl sites for hydroxylation is 1. The highest BCUT2D eigenvalue weighted by molar-refractivity contribution is 7.71. The van der Waals surface area contributed by atoms with Crippen molar-refractivity contribution in [3.8, 4) is 11.4 Å². The summed E-state index contributed by atoms with van der Waals surface area (Å²) in [6, 6.07) is 3.74. The van der Waals surface area contributed by atoms with Gasteiger partial charge in [0.1, 0.15) is 34.9 Å². The second-order valence-corrected chi connectivity index (χ2v) is 5.64. The van der Waals surface area contributed by atoms with Crippen molar-refractivity contribution >= 4 is 12.2 Å². The minimum absolute atomic E-state index is 0.303. The van der Waals surface area contributed by atoms with Crippen LogP contribution in [0.5, 0.6) is 0 Å². The third kappa shape index (κ3) is 2.47. The average molecular weight is 308 g/mol. The third-order valence-corrected chi connectivity index (χ3v) is 4.04. The lowest BCUT2D eigenvalue weighted by molar-refractivity contribution is -0.0229. The number of aliphatic hydroxyl groups excluding tert-OH is 3. The van der Waals surface area contributed by atoms with E-state index in [1.165, 1.54) is 0 Å². The molecule has 3 aliphatic rings. The van der Waals surface area contributed by atoms with E-state index in [-0.39, 0.29) is 6.61 Å². The van der Waals surface area contributed by atoms with Crippen LogP contribution in [0.3, 0.4) is 0 Å². The van der Waals surface area contributed by atoms with Gasteiger partial charge in [-0.15, -0.1) is 0 Å². The van der Waals surface area contributed by atoms with Gasteiger partial charge in [0.05, 0.1) is 6.61 Å². The van der Waals surface area contributed by atoms with Crippen LogP contribution in [0.1, 0.15) is 17.2 Å². The van der Waals surface area contributed by atoms with Crippen molar-refractivity contribution in [1.29, 1.82) is 0 Å². The fourth-order valence-electron chi connectivity index (χ4n) is 2.58. The van der Waals surface area contributed by atoms with Crippen LogP contribution in [-0.2, 0) is 4.74 Å². The zero-order valence-electron chi connectivity index (χ0n) is 11.4. The Hall–Kier alpha value is -1.38. The summed E-state index contributed by atoms with van der Waals surface area (Å²) in [4.78, 5) is 7.34. The van der Waals surface area contributed by atoms with Gasteiger partial charge < -0.3 is 25.0 Å². The third-order valence-electron chi connectivity index (χ3n) is 3.71. The Labute approximate surface area is 126 Å². The predicted octanol–water partition coefficient (Wildman–Crippen LogP) is 0.706. The zero-order chi connectivity index (χ0) is 15.1. The summed E-state index contributed by atoms with van der Waals surface area (Å²) in [5, 5.41) is 29.1. The van der Waals surface area contributed by atoms with Crippen molar-refractivity contribution in [1.82, 2.24) is 9.97 Å². The molecule has 0 radical (unpaired) electrons. The number of fused-ring (bicyclic) bond motifs is 1. The number of nitrogens with zero attached hydrogens (tertiary/aromatic N) is 1. The lowest BCUT2D eigenvalue weighted by Gasteiger charge is -2.17. The number of rotatable bonds is 2. The number of ether oxygens (including phenoxy) is 1. The number of H-pyrrole nitrogens is 1. The van der Waals surface area contributed by atoms with E-state index in [9.17, 15) is 10.2 Å². The van der Waals surface area contributed by atoms with E-state index in [4.69, 9.17) is 22.1 Å². The lowest BCUT2D eigenvalue weighted by atomic mass is 10.0. The molecule has 4 atom stereocenters. The summed E-state index contributed by atoms with van der Waals surface area (Å²) in [5.74, 6) is 0.654. The summed E-state index contributed by atoms with van der Waals surface area (Å²) in [5.41, 5.74) is 2.42. The van der Waals surface area contributed by atoms with Crippen molar-refractivity contribution < 1.29 is 20.1 Å². The minimum atomic E-state index is -1.14. The van der Waals surface area contributed by atoms with Crippen LogP contribution in [0.2, 0.25) is 0 Å². The molecule has 0 amide bonds. The van der Waals surface area contributed by atoms with Gasteiger partial charge in [0.2, 0.25) is 0 Å². The molecule has 0 aromatic rings. The second kappa shape index (κ2) is 5.43. The van der Waals surface area contributed by atoms with Gasteiger partial charge in [-0.25, -0.2) is 4.98 Å². The summed E-state index contributed by atoms with van der Waals surface area (Å²) in [6.07, 6.45) is -2.07. The van der Waals surface area contributed by atoms with Crippen LogP contribution in [0, 0.1) is 11.6 Å². The number of hydrogen-bond donors (Lipinski definition) is 4. The number of aromatic amines is 1. The fourth-order valence-corrected chi connectivity index (χ4v) is 2.85. The van der Waals surface area contributed by atoms with E-state index in [1.54, 1.807) is 6.07 Å². The lowest BCUT2D eigenvalue weighted by Crippen LogP contribution is -2.32. The number of aliphatic hydroxyl groups is 3. The number of nitrogens with one attached hydrogen (secondary N) is 1. The second-order valence-electron chi connectivity index (χ2n) is 5.26. The smallest absolute Gasteiger partial charge is 0.138 e. The summed E-state index contributed by atoms with van der Waals surface area (Å²) >= 11 is 5.25. The van der Waals surface area contributed by atoms with Gasteiger partial charge in [-0.1, -0.05) is 12.2 Å². The number of aromatic nitrogens is 2. The van der Waals surface area contributed by atoms with Crippen LogP contribution < -0.4 is 0 Å². The monoisotopic (exact) mass is 308 g/mol. The summed E-state index contributed by atoms with van der Waals surface area (Å²) < 4.78 is 5.82. The maximum Gasteiger partial charge on any atom is 0.138 e. The molecule has 4 N–H and O–H groups in total. The molecular weight excluding hydrogens is 292 g/mol. The van der Waals surface area contributed by atoms with Gasteiger partial charge in [0, 0.05) is 17.3 Å². The Kier molecular flexibility index (Phi) is 3.76. The zero-order valence-corrected chi connectivity index (χ0v) is 12.2. The predicted molar refractivity (Wildman–Crippen MR) is 77.5 cm³/mol. The van der Waals surface area contributed by atoms with Crippen LogP contribution in [0.4, 0.5) is 0 Å². The Balaban J connectivity index is 2.07. The molecular formula is C14H16N2O4S. The SMILES string of the molecule is Cc1c[nH]c2nc(=S)c([C@@H]3O[C@H](CO)C(O)[C@@H]3O)cc-2c1. The molecule has 1 unspecified atom stereocenters. The molecule has 0 bridgehead atoms. The van der Waals surface area contributed by atoms with Gasteiger partial charge in [0.25, 0.3) is 0 Å². The van der Waals surface area contributed by atoms with Gasteiger partial charge >= 0.3 is 0 Å². The Morgan fingerprint density at radius 1 is 1.33 bits per heavy atom. The first-order valence-corrected chi connectivity index (χ1v) is 7.04.